The molecule has 9 heteroatoms. The van der Waals surface area contributed by atoms with Gasteiger partial charge in [0, 0.05) is 35.8 Å². The minimum atomic E-state index is -0.512. The summed E-state index contributed by atoms with van der Waals surface area (Å²) >= 11 is 6.10. The number of halogens is 2. The lowest BCUT2D eigenvalue weighted by Gasteiger charge is -2.12. The van der Waals surface area contributed by atoms with Crippen molar-refractivity contribution in [2.24, 2.45) is 0 Å². The third-order valence-corrected chi connectivity index (χ3v) is 4.31. The van der Waals surface area contributed by atoms with Crippen molar-refractivity contribution in [2.45, 2.75) is 19.5 Å². The maximum absolute atomic E-state index is 12.2. The number of nitrogens with one attached hydrogen (secondary N) is 3. The molecule has 1 amide bonds. The zero-order valence-corrected chi connectivity index (χ0v) is 16.6. The van der Waals surface area contributed by atoms with Crippen LogP contribution in [-0.4, -0.2) is 30.5 Å². The Hall–Kier alpha value is -2.35. The van der Waals surface area contributed by atoms with Gasteiger partial charge in [0.25, 0.3) is 11.6 Å². The van der Waals surface area contributed by atoms with Crippen LogP contribution in [0.2, 0.25) is 5.02 Å². The van der Waals surface area contributed by atoms with E-state index < -0.39 is 4.92 Å². The summed E-state index contributed by atoms with van der Waals surface area (Å²) in [6.07, 6.45) is 0. The van der Waals surface area contributed by atoms with Crippen molar-refractivity contribution in [3.63, 3.8) is 0 Å². The molecule has 0 heterocycles. The number of amides is 1. The number of hydrogen-bond acceptors (Lipinski definition) is 5. The first-order valence-corrected chi connectivity index (χ1v) is 8.51. The second kappa shape index (κ2) is 10.7. The molecule has 0 spiro atoms. The summed E-state index contributed by atoms with van der Waals surface area (Å²) in [6.45, 7) is 2.69. The minimum absolute atomic E-state index is 0. The zero-order chi connectivity index (χ0) is 19.1. The van der Waals surface area contributed by atoms with Crippen LogP contribution in [0.25, 0.3) is 0 Å². The van der Waals surface area contributed by atoms with Crippen molar-refractivity contribution in [3.05, 3.63) is 68.7 Å². The predicted molar refractivity (Wildman–Crippen MR) is 110 cm³/mol. The first-order chi connectivity index (χ1) is 12.4. The van der Waals surface area contributed by atoms with E-state index in [2.05, 4.69) is 16.0 Å². The fourth-order valence-corrected chi connectivity index (χ4v) is 2.46. The Morgan fingerprint density at radius 1 is 1.26 bits per heavy atom. The number of benzene rings is 2. The number of likely N-dealkylation sites (N-methyl/N-ethyl adjacent to an activating group) is 1. The Bertz CT molecular complexity index is 802. The molecular weight excluding hydrogens is 391 g/mol. The largest absolute Gasteiger partial charge is 0.375 e. The van der Waals surface area contributed by atoms with E-state index in [0.717, 1.165) is 5.56 Å². The fourth-order valence-electron chi connectivity index (χ4n) is 2.26. The van der Waals surface area contributed by atoms with E-state index in [1.54, 1.807) is 19.2 Å². The number of rotatable bonds is 8. The molecule has 2 aromatic rings. The number of anilines is 1. The maximum Gasteiger partial charge on any atom is 0.293 e. The molecular formula is C18H22Cl2N4O3. The summed E-state index contributed by atoms with van der Waals surface area (Å²) in [5.74, 6) is -0.354. The van der Waals surface area contributed by atoms with Crippen LogP contribution in [0, 0.1) is 10.1 Å². The molecule has 7 nitrogen and oxygen atoms in total. The molecule has 0 aliphatic carbocycles. The number of nitro benzene ring substituents is 1. The Kier molecular flexibility index (Phi) is 9.00. The molecule has 0 aromatic heterocycles. The third-order valence-electron chi connectivity index (χ3n) is 3.95. The van der Waals surface area contributed by atoms with Gasteiger partial charge in [-0.05, 0) is 37.7 Å². The molecule has 0 aliphatic heterocycles. The quantitative estimate of drug-likeness (QED) is 0.454. The van der Waals surface area contributed by atoms with Crippen molar-refractivity contribution in [2.75, 3.05) is 18.9 Å². The van der Waals surface area contributed by atoms with Gasteiger partial charge in [0.2, 0.25) is 0 Å². The first kappa shape index (κ1) is 22.7. The third kappa shape index (κ3) is 6.39. The maximum atomic E-state index is 12.2. The zero-order valence-electron chi connectivity index (χ0n) is 15.0. The van der Waals surface area contributed by atoms with E-state index in [-0.39, 0.29) is 35.6 Å². The second-order valence-corrected chi connectivity index (χ2v) is 6.24. The topological polar surface area (TPSA) is 96.3 Å². The Morgan fingerprint density at radius 3 is 2.59 bits per heavy atom. The molecule has 27 heavy (non-hydrogen) atoms. The van der Waals surface area contributed by atoms with Crippen molar-refractivity contribution >= 4 is 41.3 Å². The van der Waals surface area contributed by atoms with Crippen LogP contribution >= 0.6 is 24.0 Å². The smallest absolute Gasteiger partial charge is 0.293 e. The van der Waals surface area contributed by atoms with Gasteiger partial charge in [0.05, 0.1) is 4.92 Å². The molecule has 0 bridgehead atoms. The van der Waals surface area contributed by atoms with Crippen LogP contribution < -0.4 is 16.0 Å². The molecule has 2 aromatic carbocycles. The van der Waals surface area contributed by atoms with Crippen molar-refractivity contribution in [1.82, 2.24) is 10.6 Å². The van der Waals surface area contributed by atoms with Gasteiger partial charge < -0.3 is 16.0 Å². The lowest BCUT2D eigenvalue weighted by Crippen LogP contribution is -2.37. The summed E-state index contributed by atoms with van der Waals surface area (Å²) < 4.78 is 0. The number of nitrogens with zero attached hydrogens (tertiary/aromatic N) is 1. The van der Waals surface area contributed by atoms with Crippen LogP contribution in [0.15, 0.2) is 42.5 Å². The van der Waals surface area contributed by atoms with Crippen LogP contribution in [0.3, 0.4) is 0 Å². The van der Waals surface area contributed by atoms with Crippen LogP contribution in [-0.2, 0) is 6.54 Å². The van der Waals surface area contributed by atoms with E-state index >= 15 is 0 Å². The molecule has 1 unspecified atom stereocenters. The molecule has 0 radical (unpaired) electrons. The molecule has 3 N–H and O–H groups in total. The lowest BCUT2D eigenvalue weighted by atomic mass is 10.1. The molecule has 0 aliphatic rings. The van der Waals surface area contributed by atoms with Gasteiger partial charge in [-0.25, -0.2) is 0 Å². The fraction of sp³-hybridized carbons (Fsp3) is 0.278. The van der Waals surface area contributed by atoms with Crippen LogP contribution in [0.4, 0.5) is 11.4 Å². The van der Waals surface area contributed by atoms with Gasteiger partial charge in [0.1, 0.15) is 5.69 Å². The summed E-state index contributed by atoms with van der Waals surface area (Å²) in [5, 5.41) is 20.7. The van der Waals surface area contributed by atoms with Crippen LogP contribution in [0.1, 0.15) is 22.8 Å². The molecule has 146 valence electrons. The van der Waals surface area contributed by atoms with Gasteiger partial charge in [-0.2, -0.15) is 0 Å². The number of hydrogen-bond donors (Lipinski definition) is 3. The summed E-state index contributed by atoms with van der Waals surface area (Å²) in [7, 11) is 1.79. The second-order valence-electron chi connectivity index (χ2n) is 5.83. The van der Waals surface area contributed by atoms with Crippen molar-refractivity contribution in [3.8, 4) is 0 Å². The summed E-state index contributed by atoms with van der Waals surface area (Å²) in [4.78, 5) is 23.0. The predicted octanol–water partition coefficient (Wildman–Crippen LogP) is 3.62. The summed E-state index contributed by atoms with van der Waals surface area (Å²) in [6, 6.07) is 11.7. The van der Waals surface area contributed by atoms with Crippen molar-refractivity contribution in [1.29, 1.82) is 0 Å². The molecule has 0 saturated heterocycles. The Balaban J connectivity index is 0.00000364. The highest BCUT2D eigenvalue weighted by Crippen LogP contribution is 2.27. The molecule has 0 saturated carbocycles. The number of nitro groups is 1. The standard InChI is InChI=1S/C18H21ClN4O3.ClH/c1-12(20-2)10-22-18(24)13-7-8-16(17(9-13)23(25)26)21-11-14-5-3-4-6-15(14)19;/h3-9,12,20-21H,10-11H2,1-2H3,(H,22,24);1H. The normalized spacial score (nSPS) is 11.2. The van der Waals surface area contributed by atoms with E-state index in [4.69, 9.17) is 11.6 Å². The Labute approximate surface area is 169 Å². The van der Waals surface area contributed by atoms with Crippen LogP contribution in [0.5, 0.6) is 0 Å². The van der Waals surface area contributed by atoms with E-state index in [1.807, 2.05) is 25.1 Å². The highest BCUT2D eigenvalue weighted by atomic mass is 35.5. The molecule has 1 atom stereocenters. The Morgan fingerprint density at radius 2 is 1.96 bits per heavy atom. The van der Waals surface area contributed by atoms with Gasteiger partial charge in [-0.15, -0.1) is 12.4 Å². The lowest BCUT2D eigenvalue weighted by molar-refractivity contribution is -0.384. The minimum Gasteiger partial charge on any atom is -0.375 e. The van der Waals surface area contributed by atoms with E-state index in [1.165, 1.54) is 12.1 Å². The molecule has 0 fully saturated rings. The molecule has 2 rings (SSSR count). The first-order valence-electron chi connectivity index (χ1n) is 8.13. The average Bonchev–Trinajstić information content (AvgIpc) is 2.64. The summed E-state index contributed by atoms with van der Waals surface area (Å²) in [5.41, 5.74) is 1.23. The average molecular weight is 413 g/mol. The van der Waals surface area contributed by atoms with Gasteiger partial charge in [0.15, 0.2) is 0 Å². The van der Waals surface area contributed by atoms with Gasteiger partial charge in [-0.3, -0.25) is 14.9 Å². The number of carbonyl (C=O) groups excluding carboxylic acids is 1. The highest BCUT2D eigenvalue weighted by molar-refractivity contribution is 6.31. The van der Waals surface area contributed by atoms with Crippen molar-refractivity contribution < 1.29 is 9.72 Å². The van der Waals surface area contributed by atoms with E-state index in [0.29, 0.717) is 23.8 Å². The SMILES string of the molecule is CNC(C)CNC(=O)c1ccc(NCc2ccccc2Cl)c([N+](=O)[O-])c1.Cl. The van der Waals surface area contributed by atoms with Gasteiger partial charge in [-0.1, -0.05) is 29.8 Å². The monoisotopic (exact) mass is 412 g/mol. The number of carbonyl (C=O) groups is 1. The van der Waals surface area contributed by atoms with Gasteiger partial charge >= 0.3 is 0 Å². The van der Waals surface area contributed by atoms with E-state index in [9.17, 15) is 14.9 Å². The highest BCUT2D eigenvalue weighted by Gasteiger charge is 2.18.